The Morgan fingerprint density at radius 3 is 2.83 bits per heavy atom. The molecule has 1 aromatic carbocycles. The number of hydrogen-bond donors (Lipinski definition) is 0. The van der Waals surface area contributed by atoms with Crippen LogP contribution in [0.5, 0.6) is 0 Å². The van der Waals surface area contributed by atoms with Crippen LogP contribution in [0.15, 0.2) is 53.6 Å². The third-order valence-corrected chi connectivity index (χ3v) is 3.35. The normalized spacial score (nSPS) is 10.3. The molecule has 0 saturated carbocycles. The standard InChI is InChI=1S/C14H12FNOS/c15-11-4-3-6-14(8-11)18-10-13(17)9-12-5-1-2-7-16-12/h1-8H,9-10H2. The molecule has 0 spiro atoms. The average Bonchev–Trinajstić information content (AvgIpc) is 2.38. The molecule has 0 aliphatic heterocycles. The first-order chi connectivity index (χ1) is 8.74. The molecule has 0 atom stereocenters. The van der Waals surface area contributed by atoms with E-state index in [0.717, 1.165) is 10.6 Å². The molecule has 1 aromatic heterocycles. The summed E-state index contributed by atoms with van der Waals surface area (Å²) in [6, 6.07) is 11.7. The first-order valence-electron chi connectivity index (χ1n) is 5.54. The van der Waals surface area contributed by atoms with E-state index in [4.69, 9.17) is 0 Å². The smallest absolute Gasteiger partial charge is 0.149 e. The lowest BCUT2D eigenvalue weighted by atomic mass is 10.2. The van der Waals surface area contributed by atoms with E-state index < -0.39 is 0 Å². The van der Waals surface area contributed by atoms with E-state index >= 15 is 0 Å². The van der Waals surface area contributed by atoms with Crippen LogP contribution in [0.4, 0.5) is 4.39 Å². The Morgan fingerprint density at radius 2 is 2.11 bits per heavy atom. The Labute approximate surface area is 109 Å². The molecule has 0 aliphatic carbocycles. The van der Waals surface area contributed by atoms with Gasteiger partial charge in [0.2, 0.25) is 0 Å². The van der Waals surface area contributed by atoms with Crippen molar-refractivity contribution in [2.75, 3.05) is 5.75 Å². The van der Waals surface area contributed by atoms with Crippen LogP contribution in [0, 0.1) is 5.82 Å². The second kappa shape index (κ2) is 6.31. The lowest BCUT2D eigenvalue weighted by Gasteiger charge is -2.01. The van der Waals surface area contributed by atoms with Gasteiger partial charge in [0.05, 0.1) is 5.75 Å². The molecule has 0 bridgehead atoms. The number of aromatic nitrogens is 1. The van der Waals surface area contributed by atoms with E-state index in [1.807, 2.05) is 18.2 Å². The SMILES string of the molecule is O=C(CSc1cccc(F)c1)Cc1ccccn1. The van der Waals surface area contributed by atoms with Crippen LogP contribution in [0.3, 0.4) is 0 Å². The monoisotopic (exact) mass is 261 g/mol. The molecule has 1 heterocycles. The quantitative estimate of drug-likeness (QED) is 0.775. The van der Waals surface area contributed by atoms with Crippen molar-refractivity contribution in [2.24, 2.45) is 0 Å². The van der Waals surface area contributed by atoms with Gasteiger partial charge in [-0.15, -0.1) is 11.8 Å². The zero-order chi connectivity index (χ0) is 12.8. The first-order valence-corrected chi connectivity index (χ1v) is 6.52. The highest BCUT2D eigenvalue weighted by Gasteiger charge is 2.05. The Kier molecular flexibility index (Phi) is 4.47. The van der Waals surface area contributed by atoms with E-state index in [1.165, 1.54) is 23.9 Å². The maximum Gasteiger partial charge on any atom is 0.149 e. The van der Waals surface area contributed by atoms with Crippen molar-refractivity contribution in [1.82, 2.24) is 4.98 Å². The maximum absolute atomic E-state index is 12.9. The molecule has 0 radical (unpaired) electrons. The summed E-state index contributed by atoms with van der Waals surface area (Å²) in [6.45, 7) is 0. The summed E-state index contributed by atoms with van der Waals surface area (Å²) in [5, 5.41) is 0. The topological polar surface area (TPSA) is 30.0 Å². The number of Topliss-reactive ketones (excluding diaryl/α,β-unsaturated/α-hetero) is 1. The molecule has 0 fully saturated rings. The number of carbonyl (C=O) groups excluding carboxylic acids is 1. The van der Waals surface area contributed by atoms with Crippen molar-refractivity contribution >= 4 is 17.5 Å². The summed E-state index contributed by atoms with van der Waals surface area (Å²) in [6.07, 6.45) is 1.99. The number of ketones is 1. The zero-order valence-corrected chi connectivity index (χ0v) is 10.5. The van der Waals surface area contributed by atoms with Gasteiger partial charge in [-0.1, -0.05) is 12.1 Å². The predicted molar refractivity (Wildman–Crippen MR) is 70.1 cm³/mol. The Morgan fingerprint density at radius 1 is 1.22 bits per heavy atom. The van der Waals surface area contributed by atoms with Crippen molar-refractivity contribution in [2.45, 2.75) is 11.3 Å². The average molecular weight is 261 g/mol. The van der Waals surface area contributed by atoms with Crippen LogP contribution in [-0.4, -0.2) is 16.5 Å². The fraction of sp³-hybridized carbons (Fsp3) is 0.143. The molecule has 2 aromatic rings. The number of halogens is 1. The van der Waals surface area contributed by atoms with Gasteiger partial charge >= 0.3 is 0 Å². The van der Waals surface area contributed by atoms with Crippen molar-refractivity contribution < 1.29 is 9.18 Å². The van der Waals surface area contributed by atoms with Gasteiger partial charge in [-0.2, -0.15) is 0 Å². The predicted octanol–water partition coefficient (Wildman–Crippen LogP) is 3.12. The van der Waals surface area contributed by atoms with Gasteiger partial charge in [-0.25, -0.2) is 4.39 Å². The van der Waals surface area contributed by atoms with Crippen molar-refractivity contribution in [3.63, 3.8) is 0 Å². The van der Waals surface area contributed by atoms with Crippen LogP contribution in [0.25, 0.3) is 0 Å². The van der Waals surface area contributed by atoms with E-state index in [9.17, 15) is 9.18 Å². The highest BCUT2D eigenvalue weighted by molar-refractivity contribution is 8.00. The number of hydrogen-bond acceptors (Lipinski definition) is 3. The highest BCUT2D eigenvalue weighted by atomic mass is 32.2. The maximum atomic E-state index is 12.9. The molecule has 0 unspecified atom stereocenters. The van der Waals surface area contributed by atoms with Gasteiger partial charge in [-0.05, 0) is 30.3 Å². The molecule has 4 heteroatoms. The minimum atomic E-state index is -0.280. The minimum absolute atomic E-state index is 0.0861. The van der Waals surface area contributed by atoms with Gasteiger partial charge in [0.15, 0.2) is 0 Å². The second-order valence-corrected chi connectivity index (χ2v) is 4.83. The van der Waals surface area contributed by atoms with Gasteiger partial charge in [0.25, 0.3) is 0 Å². The lowest BCUT2D eigenvalue weighted by Crippen LogP contribution is -2.06. The van der Waals surface area contributed by atoms with Crippen LogP contribution in [0.2, 0.25) is 0 Å². The van der Waals surface area contributed by atoms with E-state index in [2.05, 4.69) is 4.98 Å². The number of carbonyl (C=O) groups is 1. The zero-order valence-electron chi connectivity index (χ0n) is 9.67. The van der Waals surface area contributed by atoms with E-state index in [1.54, 1.807) is 18.3 Å². The van der Waals surface area contributed by atoms with Gasteiger partial charge in [-0.3, -0.25) is 9.78 Å². The number of pyridine rings is 1. The second-order valence-electron chi connectivity index (χ2n) is 3.78. The van der Waals surface area contributed by atoms with Crippen LogP contribution in [-0.2, 0) is 11.2 Å². The molecule has 2 nitrogen and oxygen atoms in total. The Bertz CT molecular complexity index is 530. The van der Waals surface area contributed by atoms with E-state index in [0.29, 0.717) is 12.2 Å². The highest BCUT2D eigenvalue weighted by Crippen LogP contribution is 2.18. The summed E-state index contributed by atoms with van der Waals surface area (Å²) in [7, 11) is 0. The fourth-order valence-electron chi connectivity index (χ4n) is 1.48. The molecule has 18 heavy (non-hydrogen) atoms. The largest absolute Gasteiger partial charge is 0.298 e. The van der Waals surface area contributed by atoms with Gasteiger partial charge < -0.3 is 0 Å². The number of thioether (sulfide) groups is 1. The molecule has 2 rings (SSSR count). The molecular formula is C14H12FNOS. The van der Waals surface area contributed by atoms with Gasteiger partial charge in [0.1, 0.15) is 11.6 Å². The summed E-state index contributed by atoms with van der Waals surface area (Å²) < 4.78 is 12.9. The molecule has 0 amide bonds. The number of rotatable bonds is 5. The molecular weight excluding hydrogens is 249 g/mol. The van der Waals surface area contributed by atoms with Crippen LogP contribution < -0.4 is 0 Å². The summed E-state index contributed by atoms with van der Waals surface area (Å²) in [4.78, 5) is 16.6. The van der Waals surface area contributed by atoms with Crippen molar-refractivity contribution in [1.29, 1.82) is 0 Å². The molecule has 0 saturated heterocycles. The summed E-state index contributed by atoms with van der Waals surface area (Å²) in [5.41, 5.74) is 0.766. The third kappa shape index (κ3) is 3.96. The van der Waals surface area contributed by atoms with Crippen molar-refractivity contribution in [3.8, 4) is 0 Å². The van der Waals surface area contributed by atoms with Crippen LogP contribution >= 0.6 is 11.8 Å². The fourth-order valence-corrected chi connectivity index (χ4v) is 2.28. The van der Waals surface area contributed by atoms with E-state index in [-0.39, 0.29) is 11.6 Å². The molecule has 0 N–H and O–H groups in total. The van der Waals surface area contributed by atoms with Gasteiger partial charge in [0, 0.05) is 23.2 Å². The number of benzene rings is 1. The summed E-state index contributed by atoms with van der Waals surface area (Å²) >= 11 is 1.34. The summed E-state index contributed by atoms with van der Waals surface area (Å²) in [5.74, 6) is 0.139. The third-order valence-electron chi connectivity index (χ3n) is 2.30. The lowest BCUT2D eigenvalue weighted by molar-refractivity contribution is -0.116. The number of nitrogens with zero attached hydrogens (tertiary/aromatic N) is 1. The Hall–Kier alpha value is -1.68. The molecule has 92 valence electrons. The van der Waals surface area contributed by atoms with Crippen molar-refractivity contribution in [3.05, 3.63) is 60.2 Å². The Balaban J connectivity index is 1.85. The minimum Gasteiger partial charge on any atom is -0.298 e. The molecule has 0 aliphatic rings. The van der Waals surface area contributed by atoms with Crippen LogP contribution in [0.1, 0.15) is 5.69 Å². The first kappa shape index (κ1) is 12.8.